The minimum absolute atomic E-state index is 0.0858. The van der Waals surface area contributed by atoms with E-state index in [4.69, 9.17) is 5.11 Å². The van der Waals surface area contributed by atoms with Crippen molar-refractivity contribution in [3.63, 3.8) is 0 Å². The number of nitrogens with one attached hydrogen (secondary N) is 2. The molecule has 1 aromatic carbocycles. The van der Waals surface area contributed by atoms with Gasteiger partial charge in [0, 0.05) is 6.54 Å². The molecule has 1 heterocycles. The van der Waals surface area contributed by atoms with Crippen molar-refractivity contribution in [1.29, 1.82) is 0 Å². The molecule has 0 aliphatic carbocycles. The Bertz CT molecular complexity index is 588. The number of para-hydroxylation sites is 1. The number of rotatable bonds is 4. The van der Waals surface area contributed by atoms with Crippen molar-refractivity contribution in [2.24, 2.45) is 0 Å². The van der Waals surface area contributed by atoms with Crippen LogP contribution < -0.4 is 11.0 Å². The van der Waals surface area contributed by atoms with Gasteiger partial charge in [0.25, 0.3) is 5.91 Å². The molecule has 0 spiro atoms. The number of hydrogen-bond donors (Lipinski definition) is 3. The predicted octanol–water partition coefficient (Wildman–Crippen LogP) is -0.717. The normalized spacial score (nSPS) is 10.3. The molecule has 18 heavy (non-hydrogen) atoms. The number of nitrogens with zero attached hydrogens (tertiary/aromatic N) is 2. The van der Waals surface area contributed by atoms with Crippen LogP contribution in [0.15, 0.2) is 35.1 Å². The highest BCUT2D eigenvalue weighted by molar-refractivity contribution is 5.90. The lowest BCUT2D eigenvalue weighted by Crippen LogP contribution is -2.27. The van der Waals surface area contributed by atoms with Gasteiger partial charge in [-0.25, -0.2) is 4.79 Å². The Morgan fingerprint density at radius 1 is 1.39 bits per heavy atom. The lowest BCUT2D eigenvalue weighted by molar-refractivity contribution is 0.0934. The monoisotopic (exact) mass is 248 g/mol. The summed E-state index contributed by atoms with van der Waals surface area (Å²) >= 11 is 0. The summed E-state index contributed by atoms with van der Waals surface area (Å²) in [5, 5.41) is 14.9. The van der Waals surface area contributed by atoms with Gasteiger partial charge in [-0.2, -0.15) is 4.68 Å². The van der Waals surface area contributed by atoms with Crippen molar-refractivity contribution in [1.82, 2.24) is 20.1 Å². The van der Waals surface area contributed by atoms with Crippen LogP contribution in [-0.2, 0) is 0 Å². The Morgan fingerprint density at radius 2 is 2.11 bits per heavy atom. The minimum atomic E-state index is -0.532. The van der Waals surface area contributed by atoms with Crippen molar-refractivity contribution in [3.05, 3.63) is 46.6 Å². The summed E-state index contributed by atoms with van der Waals surface area (Å²) in [5.74, 6) is -0.617. The molecule has 0 fully saturated rings. The highest BCUT2D eigenvalue weighted by atomic mass is 16.3. The zero-order valence-corrected chi connectivity index (χ0v) is 9.46. The Kier molecular flexibility index (Phi) is 3.54. The van der Waals surface area contributed by atoms with Crippen molar-refractivity contribution < 1.29 is 9.90 Å². The van der Waals surface area contributed by atoms with E-state index in [1.54, 1.807) is 24.3 Å². The van der Waals surface area contributed by atoms with Crippen LogP contribution >= 0.6 is 0 Å². The van der Waals surface area contributed by atoms with Crippen molar-refractivity contribution in [2.45, 2.75) is 0 Å². The molecule has 0 unspecified atom stereocenters. The first-order valence-electron chi connectivity index (χ1n) is 5.36. The largest absolute Gasteiger partial charge is 0.395 e. The van der Waals surface area contributed by atoms with E-state index in [1.807, 2.05) is 6.07 Å². The van der Waals surface area contributed by atoms with E-state index < -0.39 is 11.6 Å². The van der Waals surface area contributed by atoms with Crippen molar-refractivity contribution in [2.75, 3.05) is 13.2 Å². The molecule has 2 aromatic rings. The molecule has 3 N–H and O–H groups in total. The highest BCUT2D eigenvalue weighted by Crippen LogP contribution is 2.01. The lowest BCUT2D eigenvalue weighted by atomic mass is 10.3. The summed E-state index contributed by atoms with van der Waals surface area (Å²) in [4.78, 5) is 25.5. The van der Waals surface area contributed by atoms with Gasteiger partial charge in [0.2, 0.25) is 5.82 Å². The Labute approximate surface area is 102 Å². The standard InChI is InChI=1S/C11H12N4O3/c16-7-6-12-10(17)9-13-11(18)15(14-9)8-4-2-1-3-5-8/h1-5,16H,6-7H2,(H,12,17)(H,13,14,18). The van der Waals surface area contributed by atoms with E-state index in [0.717, 1.165) is 4.68 Å². The van der Waals surface area contributed by atoms with Gasteiger partial charge in [-0.15, -0.1) is 5.10 Å². The van der Waals surface area contributed by atoms with Crippen LogP contribution in [0.25, 0.3) is 5.69 Å². The van der Waals surface area contributed by atoms with Crippen LogP contribution in [0.2, 0.25) is 0 Å². The molecule has 7 heteroatoms. The first-order valence-corrected chi connectivity index (χ1v) is 5.36. The van der Waals surface area contributed by atoms with Gasteiger partial charge >= 0.3 is 5.69 Å². The molecule has 0 saturated carbocycles. The van der Waals surface area contributed by atoms with Crippen LogP contribution in [-0.4, -0.2) is 38.9 Å². The number of H-pyrrole nitrogens is 1. The van der Waals surface area contributed by atoms with Gasteiger partial charge in [0.1, 0.15) is 0 Å². The summed E-state index contributed by atoms with van der Waals surface area (Å²) in [7, 11) is 0. The number of aliphatic hydroxyl groups excluding tert-OH is 1. The number of aliphatic hydroxyl groups is 1. The maximum absolute atomic E-state index is 11.6. The first kappa shape index (κ1) is 12.1. The highest BCUT2D eigenvalue weighted by Gasteiger charge is 2.13. The molecule has 1 aromatic heterocycles. The van der Waals surface area contributed by atoms with Crippen LogP contribution in [0, 0.1) is 0 Å². The Morgan fingerprint density at radius 3 is 2.78 bits per heavy atom. The van der Waals surface area contributed by atoms with E-state index >= 15 is 0 Å². The topological polar surface area (TPSA) is 100 Å². The smallest absolute Gasteiger partial charge is 0.348 e. The molecule has 94 valence electrons. The number of aromatic nitrogens is 3. The summed E-state index contributed by atoms with van der Waals surface area (Å²) in [5.41, 5.74) is 0.0790. The number of aromatic amines is 1. The average Bonchev–Trinajstić information content (AvgIpc) is 2.79. The maximum Gasteiger partial charge on any atom is 0.348 e. The maximum atomic E-state index is 11.6. The zero-order chi connectivity index (χ0) is 13.0. The molecule has 0 saturated heterocycles. The van der Waals surface area contributed by atoms with E-state index in [1.165, 1.54) is 0 Å². The molecule has 2 rings (SSSR count). The van der Waals surface area contributed by atoms with Crippen LogP contribution in [0.4, 0.5) is 0 Å². The summed E-state index contributed by atoms with van der Waals surface area (Å²) in [6, 6.07) is 8.76. The predicted molar refractivity (Wildman–Crippen MR) is 63.6 cm³/mol. The van der Waals surface area contributed by atoms with Crippen molar-refractivity contribution in [3.8, 4) is 5.69 Å². The second-order valence-corrected chi connectivity index (χ2v) is 3.51. The Hall–Kier alpha value is -2.41. The third kappa shape index (κ3) is 2.46. The van der Waals surface area contributed by atoms with Gasteiger partial charge < -0.3 is 10.4 Å². The molecule has 0 bridgehead atoms. The summed E-state index contributed by atoms with van der Waals surface area (Å²) < 4.78 is 1.11. The van der Waals surface area contributed by atoms with Gasteiger partial charge in [-0.1, -0.05) is 18.2 Å². The number of carbonyl (C=O) groups excluding carboxylic acids is 1. The fourth-order valence-electron chi connectivity index (χ4n) is 1.42. The summed E-state index contributed by atoms with van der Waals surface area (Å²) in [6.07, 6.45) is 0. The molecule has 0 aliphatic rings. The number of benzene rings is 1. The van der Waals surface area contributed by atoms with Crippen LogP contribution in [0.1, 0.15) is 10.6 Å². The molecule has 7 nitrogen and oxygen atoms in total. The second kappa shape index (κ2) is 5.28. The van der Waals surface area contributed by atoms with Crippen molar-refractivity contribution >= 4 is 5.91 Å². The minimum Gasteiger partial charge on any atom is -0.395 e. The molecule has 0 aliphatic heterocycles. The lowest BCUT2D eigenvalue weighted by Gasteiger charge is -1.99. The quantitative estimate of drug-likeness (QED) is 0.665. The molecule has 1 amide bonds. The Balaban J connectivity index is 2.28. The first-order chi connectivity index (χ1) is 8.72. The van der Waals surface area contributed by atoms with Gasteiger partial charge in [-0.05, 0) is 12.1 Å². The van der Waals surface area contributed by atoms with Gasteiger partial charge in [0.15, 0.2) is 0 Å². The fourth-order valence-corrected chi connectivity index (χ4v) is 1.42. The molecule has 0 atom stereocenters. The van der Waals surface area contributed by atoms with E-state index in [-0.39, 0.29) is 19.0 Å². The fraction of sp³-hybridized carbons (Fsp3) is 0.182. The third-order valence-electron chi connectivity index (χ3n) is 2.23. The molecule has 0 radical (unpaired) electrons. The van der Waals surface area contributed by atoms with E-state index in [2.05, 4.69) is 15.4 Å². The number of hydrogen-bond acceptors (Lipinski definition) is 4. The third-order valence-corrected chi connectivity index (χ3v) is 2.23. The van der Waals surface area contributed by atoms with Gasteiger partial charge in [-0.3, -0.25) is 9.78 Å². The van der Waals surface area contributed by atoms with Crippen LogP contribution in [0.3, 0.4) is 0 Å². The van der Waals surface area contributed by atoms with Crippen LogP contribution in [0.5, 0.6) is 0 Å². The number of amides is 1. The summed E-state index contributed by atoms with van der Waals surface area (Å²) in [6.45, 7) is -0.0611. The molecular weight excluding hydrogens is 236 g/mol. The van der Waals surface area contributed by atoms with E-state index in [0.29, 0.717) is 5.69 Å². The van der Waals surface area contributed by atoms with E-state index in [9.17, 15) is 9.59 Å². The number of carbonyl (C=O) groups is 1. The molecular formula is C11H12N4O3. The van der Waals surface area contributed by atoms with Gasteiger partial charge in [0.05, 0.1) is 12.3 Å². The zero-order valence-electron chi connectivity index (χ0n) is 9.46. The average molecular weight is 248 g/mol. The second-order valence-electron chi connectivity index (χ2n) is 3.51. The SMILES string of the molecule is O=C(NCCO)c1nn(-c2ccccc2)c(=O)[nH]1.